The maximum Gasteiger partial charge on any atom is 0.274 e. The quantitative estimate of drug-likeness (QED) is 0.643. The van der Waals surface area contributed by atoms with Gasteiger partial charge in [0.2, 0.25) is 0 Å². The molecule has 0 atom stereocenters. The Hall–Kier alpha value is -2.27. The third-order valence-electron chi connectivity index (χ3n) is 3.22. The van der Waals surface area contributed by atoms with Crippen LogP contribution in [0, 0.1) is 10.1 Å². The summed E-state index contributed by atoms with van der Waals surface area (Å²) in [5, 5.41) is 24.2. The average Bonchev–Trinajstić information content (AvgIpc) is 2.48. The van der Waals surface area contributed by atoms with Crippen molar-refractivity contribution in [1.82, 2.24) is 0 Å². The molecule has 0 heterocycles. The summed E-state index contributed by atoms with van der Waals surface area (Å²) in [6.07, 6.45) is 0.603. The highest BCUT2D eigenvalue weighted by Gasteiger charge is 2.13. The average molecular weight is 307 g/mol. The highest BCUT2D eigenvalue weighted by atomic mass is 35.5. The number of nitro groups is 1. The number of benzene rings is 2. The topological polar surface area (TPSA) is 75.4 Å². The summed E-state index contributed by atoms with van der Waals surface area (Å²) in [6, 6.07) is 10.1. The summed E-state index contributed by atoms with van der Waals surface area (Å²) < 4.78 is 0. The Morgan fingerprint density at radius 3 is 2.71 bits per heavy atom. The lowest BCUT2D eigenvalue weighted by molar-refractivity contribution is -0.385. The molecule has 0 aromatic heterocycles. The Kier molecular flexibility index (Phi) is 4.65. The first-order valence-corrected chi connectivity index (χ1v) is 6.88. The van der Waals surface area contributed by atoms with Crippen molar-refractivity contribution in [1.29, 1.82) is 0 Å². The van der Waals surface area contributed by atoms with Gasteiger partial charge in [0, 0.05) is 29.4 Å². The van der Waals surface area contributed by atoms with Crippen molar-refractivity contribution >= 4 is 23.0 Å². The van der Waals surface area contributed by atoms with E-state index in [4.69, 9.17) is 11.6 Å². The fourth-order valence-electron chi connectivity index (χ4n) is 2.04. The predicted molar refractivity (Wildman–Crippen MR) is 82.9 cm³/mol. The molecule has 0 fully saturated rings. The summed E-state index contributed by atoms with van der Waals surface area (Å²) in [6.45, 7) is 2.20. The summed E-state index contributed by atoms with van der Waals surface area (Å²) >= 11 is 5.83. The first-order chi connectivity index (χ1) is 10.0. The SMILES string of the molecule is CCc1ccc(NCc2cccc(Cl)c2O)cc1[N+](=O)[O-]. The summed E-state index contributed by atoms with van der Waals surface area (Å²) in [5.74, 6) is 0.0198. The number of nitro benzene ring substituents is 1. The van der Waals surface area contributed by atoms with E-state index in [9.17, 15) is 15.2 Å². The van der Waals surface area contributed by atoms with Crippen molar-refractivity contribution in [3.63, 3.8) is 0 Å². The van der Waals surface area contributed by atoms with Crippen LogP contribution in [-0.2, 0) is 13.0 Å². The number of nitrogens with one attached hydrogen (secondary N) is 1. The van der Waals surface area contributed by atoms with Crippen LogP contribution in [0.3, 0.4) is 0 Å². The fraction of sp³-hybridized carbons (Fsp3) is 0.200. The first kappa shape index (κ1) is 15.1. The van der Waals surface area contributed by atoms with Gasteiger partial charge in [-0.1, -0.05) is 36.7 Å². The number of rotatable bonds is 5. The van der Waals surface area contributed by atoms with Crippen molar-refractivity contribution in [3.05, 3.63) is 62.7 Å². The highest BCUT2D eigenvalue weighted by Crippen LogP contribution is 2.28. The van der Waals surface area contributed by atoms with E-state index in [1.165, 1.54) is 6.07 Å². The number of para-hydroxylation sites is 1. The van der Waals surface area contributed by atoms with Crippen molar-refractivity contribution in [2.45, 2.75) is 19.9 Å². The van der Waals surface area contributed by atoms with Crippen LogP contribution in [0.5, 0.6) is 5.75 Å². The molecule has 2 rings (SSSR count). The van der Waals surface area contributed by atoms with Crippen LogP contribution in [0.1, 0.15) is 18.1 Å². The molecule has 6 heteroatoms. The standard InChI is InChI=1S/C15H15ClN2O3/c1-2-10-6-7-12(8-14(10)18(20)21)17-9-11-4-3-5-13(16)15(11)19/h3-8,17,19H,2,9H2,1H3. The molecule has 0 bridgehead atoms. The fourth-order valence-corrected chi connectivity index (χ4v) is 2.24. The Labute approximate surface area is 127 Å². The van der Waals surface area contributed by atoms with Crippen LogP contribution in [0.25, 0.3) is 0 Å². The third-order valence-corrected chi connectivity index (χ3v) is 3.52. The zero-order chi connectivity index (χ0) is 15.4. The van der Waals surface area contributed by atoms with Gasteiger partial charge in [-0.15, -0.1) is 0 Å². The molecule has 2 aromatic carbocycles. The van der Waals surface area contributed by atoms with E-state index in [1.54, 1.807) is 30.3 Å². The molecule has 0 saturated carbocycles. The Bertz CT molecular complexity index is 674. The number of aromatic hydroxyl groups is 1. The minimum atomic E-state index is -0.388. The summed E-state index contributed by atoms with van der Waals surface area (Å²) in [7, 11) is 0. The summed E-state index contributed by atoms with van der Waals surface area (Å²) in [5.41, 5.74) is 2.04. The van der Waals surface area contributed by atoms with E-state index >= 15 is 0 Å². The van der Waals surface area contributed by atoms with Gasteiger partial charge in [0.15, 0.2) is 0 Å². The molecular weight excluding hydrogens is 292 g/mol. The van der Waals surface area contributed by atoms with Gasteiger partial charge in [0.1, 0.15) is 5.75 Å². The van der Waals surface area contributed by atoms with Crippen LogP contribution in [0.4, 0.5) is 11.4 Å². The van der Waals surface area contributed by atoms with Gasteiger partial charge in [-0.05, 0) is 18.6 Å². The van der Waals surface area contributed by atoms with Crippen molar-refractivity contribution < 1.29 is 10.0 Å². The highest BCUT2D eigenvalue weighted by molar-refractivity contribution is 6.32. The van der Waals surface area contributed by atoms with Gasteiger partial charge in [0.05, 0.1) is 9.95 Å². The van der Waals surface area contributed by atoms with Crippen LogP contribution in [0.2, 0.25) is 5.02 Å². The second-order valence-electron chi connectivity index (χ2n) is 4.56. The number of aryl methyl sites for hydroxylation is 1. The van der Waals surface area contributed by atoms with E-state index < -0.39 is 0 Å². The van der Waals surface area contributed by atoms with Crippen molar-refractivity contribution in [2.75, 3.05) is 5.32 Å². The van der Waals surface area contributed by atoms with E-state index in [-0.39, 0.29) is 21.4 Å². The van der Waals surface area contributed by atoms with Crippen LogP contribution in [0.15, 0.2) is 36.4 Å². The van der Waals surface area contributed by atoms with Gasteiger partial charge in [-0.3, -0.25) is 10.1 Å². The van der Waals surface area contributed by atoms with Gasteiger partial charge in [-0.25, -0.2) is 0 Å². The maximum atomic E-state index is 11.0. The number of phenols is 1. The van der Waals surface area contributed by atoms with Crippen molar-refractivity contribution in [3.8, 4) is 5.75 Å². The Balaban J connectivity index is 2.19. The monoisotopic (exact) mass is 306 g/mol. The molecule has 0 amide bonds. The molecule has 0 radical (unpaired) electrons. The largest absolute Gasteiger partial charge is 0.506 e. The molecule has 0 spiro atoms. The van der Waals surface area contributed by atoms with E-state index in [1.807, 2.05) is 6.92 Å². The van der Waals surface area contributed by atoms with Crippen LogP contribution < -0.4 is 5.32 Å². The summed E-state index contributed by atoms with van der Waals surface area (Å²) in [4.78, 5) is 10.6. The minimum Gasteiger partial charge on any atom is -0.506 e. The zero-order valence-electron chi connectivity index (χ0n) is 11.5. The molecule has 0 aliphatic heterocycles. The second-order valence-corrected chi connectivity index (χ2v) is 4.96. The lowest BCUT2D eigenvalue weighted by Gasteiger charge is -2.10. The van der Waals surface area contributed by atoms with E-state index in [2.05, 4.69) is 5.32 Å². The predicted octanol–water partition coefficient (Wildman–Crippen LogP) is 4.13. The molecule has 110 valence electrons. The van der Waals surface area contributed by atoms with E-state index in [0.29, 0.717) is 29.8 Å². The molecule has 0 unspecified atom stereocenters. The second kappa shape index (κ2) is 6.45. The van der Waals surface area contributed by atoms with E-state index in [0.717, 1.165) is 0 Å². The number of hydrogen-bond donors (Lipinski definition) is 2. The number of phenolic OH excluding ortho intramolecular Hbond substituents is 1. The molecule has 2 N–H and O–H groups in total. The van der Waals surface area contributed by atoms with Gasteiger partial charge >= 0.3 is 0 Å². The van der Waals surface area contributed by atoms with Crippen LogP contribution >= 0.6 is 11.6 Å². The number of hydrogen-bond acceptors (Lipinski definition) is 4. The van der Waals surface area contributed by atoms with Gasteiger partial charge in [0.25, 0.3) is 5.69 Å². The minimum absolute atomic E-state index is 0.0198. The lowest BCUT2D eigenvalue weighted by Crippen LogP contribution is -2.02. The van der Waals surface area contributed by atoms with Gasteiger partial charge < -0.3 is 10.4 Å². The van der Waals surface area contributed by atoms with Crippen LogP contribution in [-0.4, -0.2) is 10.0 Å². The molecule has 2 aromatic rings. The zero-order valence-corrected chi connectivity index (χ0v) is 12.2. The first-order valence-electron chi connectivity index (χ1n) is 6.50. The van der Waals surface area contributed by atoms with Gasteiger partial charge in [-0.2, -0.15) is 0 Å². The Morgan fingerprint density at radius 1 is 1.29 bits per heavy atom. The molecule has 5 nitrogen and oxygen atoms in total. The molecular formula is C15H15ClN2O3. The molecule has 21 heavy (non-hydrogen) atoms. The smallest absolute Gasteiger partial charge is 0.274 e. The number of anilines is 1. The molecule has 0 saturated heterocycles. The third kappa shape index (κ3) is 3.44. The Morgan fingerprint density at radius 2 is 2.05 bits per heavy atom. The lowest BCUT2D eigenvalue weighted by atomic mass is 10.1. The van der Waals surface area contributed by atoms with Crippen molar-refractivity contribution in [2.24, 2.45) is 0 Å². The number of halogens is 1. The maximum absolute atomic E-state index is 11.0. The molecule has 0 aliphatic rings. The molecule has 0 aliphatic carbocycles. The normalized spacial score (nSPS) is 10.4. The number of nitrogens with zero attached hydrogens (tertiary/aromatic N) is 1.